The lowest BCUT2D eigenvalue weighted by Crippen LogP contribution is -2.42. The van der Waals surface area contributed by atoms with E-state index in [-0.39, 0.29) is 4.90 Å². The van der Waals surface area contributed by atoms with Crippen LogP contribution in [0.15, 0.2) is 23.2 Å². The topological polar surface area (TPSA) is 91.3 Å². The number of nitrogens with one attached hydrogen (secondary N) is 2. The zero-order chi connectivity index (χ0) is 14.6. The fraction of sp³-hybridized carbons (Fsp3) is 0.615. The van der Waals surface area contributed by atoms with Gasteiger partial charge in [0.2, 0.25) is 10.0 Å². The van der Waals surface area contributed by atoms with E-state index in [9.17, 15) is 13.5 Å². The Hall–Kier alpha value is -1.18. The number of sulfonamides is 1. The number of aliphatic hydroxyl groups excluding tert-OH is 1. The van der Waals surface area contributed by atoms with Gasteiger partial charge in [-0.05, 0) is 25.0 Å². The molecule has 2 atom stereocenters. The van der Waals surface area contributed by atoms with Crippen molar-refractivity contribution in [1.82, 2.24) is 9.71 Å². The van der Waals surface area contributed by atoms with Crippen LogP contribution in [-0.4, -0.2) is 37.7 Å². The molecule has 0 aliphatic heterocycles. The van der Waals surface area contributed by atoms with Gasteiger partial charge in [-0.15, -0.1) is 0 Å². The quantitative estimate of drug-likeness (QED) is 0.724. The Balaban J connectivity index is 2.12. The van der Waals surface area contributed by atoms with Crippen LogP contribution in [0.2, 0.25) is 0 Å². The van der Waals surface area contributed by atoms with Crippen LogP contribution in [0.5, 0.6) is 0 Å². The first-order valence-electron chi connectivity index (χ1n) is 6.87. The second-order valence-electron chi connectivity index (χ2n) is 5.06. The van der Waals surface area contributed by atoms with E-state index in [2.05, 4.69) is 15.0 Å². The molecular weight excluding hydrogens is 278 g/mol. The first kappa shape index (κ1) is 15.2. The van der Waals surface area contributed by atoms with Gasteiger partial charge in [-0.3, -0.25) is 0 Å². The molecule has 2 unspecified atom stereocenters. The second-order valence-corrected chi connectivity index (χ2v) is 6.78. The van der Waals surface area contributed by atoms with Crippen molar-refractivity contribution in [2.75, 3.05) is 12.4 Å². The highest BCUT2D eigenvalue weighted by Gasteiger charge is 2.27. The molecule has 1 aromatic rings. The molecule has 112 valence electrons. The zero-order valence-corrected chi connectivity index (χ0v) is 12.4. The normalized spacial score (nSPS) is 24.1. The molecule has 1 fully saturated rings. The molecule has 1 aromatic heterocycles. The highest BCUT2D eigenvalue weighted by Crippen LogP contribution is 2.20. The third-order valence-corrected chi connectivity index (χ3v) is 5.06. The van der Waals surface area contributed by atoms with Crippen LogP contribution in [0.1, 0.15) is 32.1 Å². The molecule has 2 rings (SSSR count). The van der Waals surface area contributed by atoms with Crippen LogP contribution in [0.25, 0.3) is 0 Å². The number of pyridine rings is 1. The summed E-state index contributed by atoms with van der Waals surface area (Å²) < 4.78 is 27.2. The summed E-state index contributed by atoms with van der Waals surface area (Å²) in [6.07, 6.45) is 4.92. The average molecular weight is 299 g/mol. The minimum Gasteiger partial charge on any atom is -0.391 e. The Labute approximate surface area is 119 Å². The van der Waals surface area contributed by atoms with E-state index in [1.807, 2.05) is 0 Å². The summed E-state index contributed by atoms with van der Waals surface area (Å²) in [5, 5.41) is 12.8. The molecule has 0 amide bonds. The molecule has 0 spiro atoms. The van der Waals surface area contributed by atoms with Gasteiger partial charge in [0.05, 0.1) is 6.10 Å². The van der Waals surface area contributed by atoms with Gasteiger partial charge in [0.1, 0.15) is 10.7 Å². The lowest BCUT2D eigenvalue weighted by Gasteiger charge is -2.21. The van der Waals surface area contributed by atoms with Crippen molar-refractivity contribution in [1.29, 1.82) is 0 Å². The molecule has 7 heteroatoms. The summed E-state index contributed by atoms with van der Waals surface area (Å²) in [6.45, 7) is 0. The van der Waals surface area contributed by atoms with Gasteiger partial charge in [0.15, 0.2) is 0 Å². The van der Waals surface area contributed by atoms with Crippen molar-refractivity contribution in [3.05, 3.63) is 18.3 Å². The third kappa shape index (κ3) is 3.68. The summed E-state index contributed by atoms with van der Waals surface area (Å²) in [7, 11) is -1.92. The van der Waals surface area contributed by atoms with Gasteiger partial charge in [0, 0.05) is 19.3 Å². The first-order valence-corrected chi connectivity index (χ1v) is 8.35. The minimum absolute atomic E-state index is 0.118. The van der Waals surface area contributed by atoms with E-state index in [0.717, 1.165) is 19.3 Å². The van der Waals surface area contributed by atoms with Gasteiger partial charge < -0.3 is 10.4 Å². The molecule has 1 aliphatic rings. The Bertz CT molecular complexity index is 530. The Kier molecular flexibility index (Phi) is 4.95. The Morgan fingerprint density at radius 1 is 1.25 bits per heavy atom. The number of hydrogen-bond acceptors (Lipinski definition) is 5. The van der Waals surface area contributed by atoms with Gasteiger partial charge in [-0.2, -0.15) is 0 Å². The van der Waals surface area contributed by atoms with Crippen LogP contribution in [0.3, 0.4) is 0 Å². The van der Waals surface area contributed by atoms with E-state index in [1.165, 1.54) is 12.3 Å². The van der Waals surface area contributed by atoms with Crippen molar-refractivity contribution in [3.63, 3.8) is 0 Å². The zero-order valence-electron chi connectivity index (χ0n) is 11.5. The first-order chi connectivity index (χ1) is 9.53. The van der Waals surface area contributed by atoms with Crippen LogP contribution >= 0.6 is 0 Å². The lowest BCUT2D eigenvalue weighted by molar-refractivity contribution is 0.130. The van der Waals surface area contributed by atoms with Gasteiger partial charge in [-0.1, -0.05) is 19.3 Å². The summed E-state index contributed by atoms with van der Waals surface area (Å²) >= 11 is 0. The number of rotatable bonds is 4. The number of hydrogen-bond donors (Lipinski definition) is 3. The van der Waals surface area contributed by atoms with Crippen molar-refractivity contribution in [2.24, 2.45) is 0 Å². The monoisotopic (exact) mass is 299 g/mol. The summed E-state index contributed by atoms with van der Waals surface area (Å²) in [5.74, 6) is 0.610. The molecule has 0 bridgehead atoms. The average Bonchev–Trinajstić information content (AvgIpc) is 2.64. The van der Waals surface area contributed by atoms with Gasteiger partial charge >= 0.3 is 0 Å². The molecule has 3 N–H and O–H groups in total. The fourth-order valence-corrected chi connectivity index (χ4v) is 3.63. The molecule has 1 saturated carbocycles. The highest BCUT2D eigenvalue weighted by molar-refractivity contribution is 7.89. The lowest BCUT2D eigenvalue weighted by atomic mass is 10.1. The fourth-order valence-electron chi connectivity index (χ4n) is 2.38. The standard InChI is InChI=1S/C13H21N3O3S/c1-14-13-8-7-10(9-15-13)20(18,19)16-11-5-3-2-4-6-12(11)17/h7-9,11-12,16-17H,2-6H2,1H3,(H,14,15). The van der Waals surface area contributed by atoms with E-state index in [0.29, 0.717) is 18.7 Å². The summed E-state index contributed by atoms with van der Waals surface area (Å²) in [4.78, 5) is 4.12. The van der Waals surface area contributed by atoms with Gasteiger partial charge in [0.25, 0.3) is 0 Å². The summed E-state index contributed by atoms with van der Waals surface area (Å²) in [5.41, 5.74) is 0. The van der Waals surface area contributed by atoms with E-state index in [1.54, 1.807) is 13.1 Å². The molecule has 0 aromatic carbocycles. The van der Waals surface area contributed by atoms with Crippen LogP contribution < -0.4 is 10.0 Å². The predicted molar refractivity (Wildman–Crippen MR) is 77.0 cm³/mol. The van der Waals surface area contributed by atoms with Crippen LogP contribution in [0, 0.1) is 0 Å². The predicted octanol–water partition coefficient (Wildman–Crippen LogP) is 1.10. The molecule has 6 nitrogen and oxygen atoms in total. The molecule has 20 heavy (non-hydrogen) atoms. The van der Waals surface area contributed by atoms with Crippen molar-refractivity contribution in [3.8, 4) is 0 Å². The molecule has 1 heterocycles. The minimum atomic E-state index is -3.63. The second kappa shape index (κ2) is 6.51. The third-order valence-electron chi connectivity index (χ3n) is 3.59. The Morgan fingerprint density at radius 3 is 2.65 bits per heavy atom. The van der Waals surface area contributed by atoms with E-state index in [4.69, 9.17) is 0 Å². The molecular formula is C13H21N3O3S. The van der Waals surface area contributed by atoms with Crippen molar-refractivity contribution < 1.29 is 13.5 Å². The maximum absolute atomic E-state index is 12.3. The van der Waals surface area contributed by atoms with Crippen molar-refractivity contribution in [2.45, 2.75) is 49.1 Å². The number of aliphatic hydroxyl groups is 1. The number of anilines is 1. The maximum atomic E-state index is 12.3. The van der Waals surface area contributed by atoms with E-state index >= 15 is 0 Å². The SMILES string of the molecule is CNc1ccc(S(=O)(=O)NC2CCCCCC2O)cn1. The molecule has 0 saturated heterocycles. The van der Waals surface area contributed by atoms with Crippen LogP contribution in [-0.2, 0) is 10.0 Å². The highest BCUT2D eigenvalue weighted by atomic mass is 32.2. The summed E-state index contributed by atoms with van der Waals surface area (Å²) in [6, 6.07) is 2.70. The number of nitrogens with zero attached hydrogens (tertiary/aromatic N) is 1. The van der Waals surface area contributed by atoms with Gasteiger partial charge in [-0.25, -0.2) is 18.1 Å². The van der Waals surface area contributed by atoms with Crippen LogP contribution in [0.4, 0.5) is 5.82 Å². The molecule has 0 radical (unpaired) electrons. The maximum Gasteiger partial charge on any atom is 0.242 e. The van der Waals surface area contributed by atoms with E-state index < -0.39 is 22.2 Å². The largest absolute Gasteiger partial charge is 0.391 e. The van der Waals surface area contributed by atoms with Crippen molar-refractivity contribution >= 4 is 15.8 Å². The smallest absolute Gasteiger partial charge is 0.242 e. The molecule has 1 aliphatic carbocycles. The number of aromatic nitrogens is 1. The Morgan fingerprint density at radius 2 is 2.00 bits per heavy atom.